The lowest BCUT2D eigenvalue weighted by Gasteiger charge is -2.14. The van der Waals surface area contributed by atoms with Crippen molar-refractivity contribution < 1.29 is 14.2 Å². The van der Waals surface area contributed by atoms with E-state index in [9.17, 15) is 0 Å². The van der Waals surface area contributed by atoms with E-state index in [1.165, 1.54) is 0 Å². The zero-order valence-corrected chi connectivity index (χ0v) is 11.4. The first-order valence-electron chi connectivity index (χ1n) is 6.14. The molecule has 0 N–H and O–H groups in total. The van der Waals surface area contributed by atoms with Gasteiger partial charge in [0, 0.05) is 5.56 Å². The summed E-state index contributed by atoms with van der Waals surface area (Å²) in [5.74, 6) is 2.37. The fraction of sp³-hybridized carbons (Fsp3) is 0.188. The molecule has 0 fully saturated rings. The SMILES string of the molecule is COc1ccccc1Oc1cccc(CC#N)c1OC. The number of hydrogen-bond acceptors (Lipinski definition) is 4. The second-order valence-electron chi connectivity index (χ2n) is 4.04. The van der Waals surface area contributed by atoms with E-state index in [4.69, 9.17) is 19.5 Å². The molecule has 4 heteroatoms. The normalized spacial score (nSPS) is 9.65. The van der Waals surface area contributed by atoms with Crippen LogP contribution in [0.2, 0.25) is 0 Å². The third-order valence-corrected chi connectivity index (χ3v) is 2.82. The summed E-state index contributed by atoms with van der Waals surface area (Å²) in [7, 11) is 3.15. The minimum Gasteiger partial charge on any atom is -0.493 e. The Morgan fingerprint density at radius 1 is 0.900 bits per heavy atom. The molecule has 0 aliphatic heterocycles. The van der Waals surface area contributed by atoms with Crippen molar-refractivity contribution in [2.24, 2.45) is 0 Å². The lowest BCUT2D eigenvalue weighted by atomic mass is 10.1. The van der Waals surface area contributed by atoms with Gasteiger partial charge >= 0.3 is 0 Å². The molecule has 0 heterocycles. The van der Waals surface area contributed by atoms with Crippen LogP contribution < -0.4 is 14.2 Å². The predicted molar refractivity (Wildman–Crippen MR) is 75.4 cm³/mol. The topological polar surface area (TPSA) is 51.5 Å². The first-order chi connectivity index (χ1) is 9.80. The molecular weight excluding hydrogens is 254 g/mol. The maximum Gasteiger partial charge on any atom is 0.169 e. The van der Waals surface area contributed by atoms with Gasteiger partial charge in [0.25, 0.3) is 0 Å². The van der Waals surface area contributed by atoms with Gasteiger partial charge in [0.15, 0.2) is 23.0 Å². The van der Waals surface area contributed by atoms with E-state index >= 15 is 0 Å². The van der Waals surface area contributed by atoms with Crippen LogP contribution in [0.15, 0.2) is 42.5 Å². The van der Waals surface area contributed by atoms with Crippen LogP contribution in [0.1, 0.15) is 5.56 Å². The highest BCUT2D eigenvalue weighted by molar-refractivity contribution is 5.51. The number of benzene rings is 2. The van der Waals surface area contributed by atoms with Crippen molar-refractivity contribution in [1.82, 2.24) is 0 Å². The van der Waals surface area contributed by atoms with Crippen molar-refractivity contribution in [1.29, 1.82) is 5.26 Å². The van der Waals surface area contributed by atoms with Crippen molar-refractivity contribution >= 4 is 0 Å². The maximum absolute atomic E-state index is 8.84. The van der Waals surface area contributed by atoms with Crippen LogP contribution in [0.25, 0.3) is 0 Å². The highest BCUT2D eigenvalue weighted by Gasteiger charge is 2.12. The Balaban J connectivity index is 2.38. The van der Waals surface area contributed by atoms with Gasteiger partial charge in [-0.2, -0.15) is 5.26 Å². The standard InChI is InChI=1S/C16H15NO3/c1-18-13-7-3-4-8-14(13)20-15-9-5-6-12(10-11-17)16(15)19-2/h3-9H,10H2,1-2H3. The Morgan fingerprint density at radius 3 is 2.25 bits per heavy atom. The monoisotopic (exact) mass is 269 g/mol. The van der Waals surface area contributed by atoms with Gasteiger partial charge < -0.3 is 14.2 Å². The Labute approximate surface area is 118 Å². The van der Waals surface area contributed by atoms with Crippen molar-refractivity contribution in [3.05, 3.63) is 48.0 Å². The fourth-order valence-corrected chi connectivity index (χ4v) is 1.92. The van der Waals surface area contributed by atoms with Gasteiger partial charge in [-0.15, -0.1) is 0 Å². The number of methoxy groups -OCH3 is 2. The Hall–Kier alpha value is -2.67. The summed E-state index contributed by atoms with van der Waals surface area (Å²) < 4.78 is 16.5. The first kappa shape index (κ1) is 13.8. The van der Waals surface area contributed by atoms with Gasteiger partial charge in [0.05, 0.1) is 26.7 Å². The predicted octanol–water partition coefficient (Wildman–Crippen LogP) is 3.56. The first-order valence-corrected chi connectivity index (χ1v) is 6.14. The Morgan fingerprint density at radius 2 is 1.60 bits per heavy atom. The van der Waals surface area contributed by atoms with E-state index in [-0.39, 0.29) is 6.42 Å². The van der Waals surface area contributed by atoms with E-state index < -0.39 is 0 Å². The molecule has 0 unspecified atom stereocenters. The van der Waals surface area contributed by atoms with E-state index in [1.807, 2.05) is 36.4 Å². The largest absolute Gasteiger partial charge is 0.493 e. The molecule has 2 aromatic rings. The molecule has 102 valence electrons. The fourth-order valence-electron chi connectivity index (χ4n) is 1.92. The number of rotatable bonds is 5. The molecular formula is C16H15NO3. The Kier molecular flexibility index (Phi) is 4.46. The van der Waals surface area contributed by atoms with Gasteiger partial charge in [-0.1, -0.05) is 24.3 Å². The van der Waals surface area contributed by atoms with Crippen LogP contribution in [0.5, 0.6) is 23.0 Å². The van der Waals surface area contributed by atoms with Crippen LogP contribution in [0.4, 0.5) is 0 Å². The maximum atomic E-state index is 8.84. The third kappa shape index (κ3) is 2.83. The van der Waals surface area contributed by atoms with Crippen LogP contribution in [-0.4, -0.2) is 14.2 Å². The molecule has 4 nitrogen and oxygen atoms in total. The zero-order chi connectivity index (χ0) is 14.4. The van der Waals surface area contributed by atoms with E-state index in [0.717, 1.165) is 5.56 Å². The molecule has 2 aromatic carbocycles. The summed E-state index contributed by atoms with van der Waals surface area (Å²) in [6.45, 7) is 0. The quantitative estimate of drug-likeness (QED) is 0.832. The summed E-state index contributed by atoms with van der Waals surface area (Å²) in [4.78, 5) is 0. The highest BCUT2D eigenvalue weighted by Crippen LogP contribution is 2.38. The third-order valence-electron chi connectivity index (χ3n) is 2.82. The van der Waals surface area contributed by atoms with E-state index in [1.54, 1.807) is 20.3 Å². The summed E-state index contributed by atoms with van der Waals surface area (Å²) in [5.41, 5.74) is 0.794. The van der Waals surface area contributed by atoms with Crippen molar-refractivity contribution in [2.45, 2.75) is 6.42 Å². The van der Waals surface area contributed by atoms with Gasteiger partial charge in [-0.25, -0.2) is 0 Å². The minimum absolute atomic E-state index is 0.270. The molecule has 0 bridgehead atoms. The number of para-hydroxylation sites is 3. The van der Waals surface area contributed by atoms with Crippen LogP contribution >= 0.6 is 0 Å². The summed E-state index contributed by atoms with van der Waals surface area (Å²) in [6, 6.07) is 15.0. The molecule has 0 radical (unpaired) electrons. The lowest BCUT2D eigenvalue weighted by molar-refractivity contribution is 0.354. The Bertz CT molecular complexity index is 632. The number of nitriles is 1. The van der Waals surface area contributed by atoms with E-state index in [0.29, 0.717) is 23.0 Å². The van der Waals surface area contributed by atoms with Gasteiger partial charge in [-0.05, 0) is 18.2 Å². The van der Waals surface area contributed by atoms with Crippen LogP contribution in [0, 0.1) is 11.3 Å². The van der Waals surface area contributed by atoms with Gasteiger partial charge in [-0.3, -0.25) is 0 Å². The smallest absolute Gasteiger partial charge is 0.169 e. The summed E-state index contributed by atoms with van der Waals surface area (Å²) >= 11 is 0. The molecule has 0 aliphatic rings. The number of ether oxygens (including phenoxy) is 3. The number of nitrogens with zero attached hydrogens (tertiary/aromatic N) is 1. The highest BCUT2D eigenvalue weighted by atomic mass is 16.5. The van der Waals surface area contributed by atoms with Crippen molar-refractivity contribution in [2.75, 3.05) is 14.2 Å². The molecule has 0 saturated carbocycles. The van der Waals surface area contributed by atoms with Crippen LogP contribution in [0.3, 0.4) is 0 Å². The average Bonchev–Trinajstić information content (AvgIpc) is 2.48. The molecule has 0 aliphatic carbocycles. The average molecular weight is 269 g/mol. The van der Waals surface area contributed by atoms with Crippen LogP contribution in [-0.2, 0) is 6.42 Å². The molecule has 2 rings (SSSR count). The van der Waals surface area contributed by atoms with Crippen molar-refractivity contribution in [3.63, 3.8) is 0 Å². The lowest BCUT2D eigenvalue weighted by Crippen LogP contribution is -1.96. The van der Waals surface area contributed by atoms with Crippen molar-refractivity contribution in [3.8, 4) is 29.1 Å². The molecule has 20 heavy (non-hydrogen) atoms. The minimum atomic E-state index is 0.270. The summed E-state index contributed by atoms with van der Waals surface area (Å²) in [5, 5.41) is 8.84. The second-order valence-corrected chi connectivity index (χ2v) is 4.04. The van der Waals surface area contributed by atoms with Gasteiger partial charge in [0.1, 0.15) is 0 Å². The molecule has 0 spiro atoms. The molecule has 0 aromatic heterocycles. The zero-order valence-electron chi connectivity index (χ0n) is 11.4. The van der Waals surface area contributed by atoms with Gasteiger partial charge in [0.2, 0.25) is 0 Å². The van der Waals surface area contributed by atoms with E-state index in [2.05, 4.69) is 6.07 Å². The molecule has 0 saturated heterocycles. The number of hydrogen-bond donors (Lipinski definition) is 0. The molecule has 0 amide bonds. The second kappa shape index (κ2) is 6.48. The summed E-state index contributed by atoms with van der Waals surface area (Å²) in [6.07, 6.45) is 0.270. The molecule has 0 atom stereocenters.